The summed E-state index contributed by atoms with van der Waals surface area (Å²) >= 11 is 4.97. The van der Waals surface area contributed by atoms with Gasteiger partial charge in [0.25, 0.3) is 0 Å². The highest BCUT2D eigenvalue weighted by Gasteiger charge is 2.15. The minimum absolute atomic E-state index is 0.155. The number of benzene rings is 1. The second-order valence-electron chi connectivity index (χ2n) is 5.90. The number of carbonyl (C=O) groups is 1. The van der Waals surface area contributed by atoms with Gasteiger partial charge in [0.05, 0.1) is 0 Å². The monoisotopic (exact) mass is 304 g/mol. The molecule has 0 spiro atoms. The topological polar surface area (TPSA) is 55.1 Å². The molecule has 1 amide bonds. The van der Waals surface area contributed by atoms with E-state index in [9.17, 15) is 4.79 Å². The number of carbonyl (C=O) groups excluding carboxylic acids is 1. The molecule has 0 heterocycles. The highest BCUT2D eigenvalue weighted by molar-refractivity contribution is 7.80. The second-order valence-corrected chi connectivity index (χ2v) is 6.34. The van der Waals surface area contributed by atoms with E-state index in [1.807, 2.05) is 24.3 Å². The van der Waals surface area contributed by atoms with Crippen LogP contribution in [0.2, 0.25) is 0 Å². The molecule has 0 aromatic heterocycles. The first-order chi connectivity index (χ1) is 10.1. The van der Waals surface area contributed by atoms with Crippen LogP contribution in [-0.2, 0) is 11.3 Å². The highest BCUT2D eigenvalue weighted by atomic mass is 32.1. The van der Waals surface area contributed by atoms with Gasteiger partial charge >= 0.3 is 0 Å². The van der Waals surface area contributed by atoms with Crippen LogP contribution in [-0.4, -0.2) is 10.9 Å². The van der Waals surface area contributed by atoms with Gasteiger partial charge in [-0.05, 0) is 30.4 Å². The van der Waals surface area contributed by atoms with Gasteiger partial charge in [0, 0.05) is 18.5 Å². The van der Waals surface area contributed by atoms with E-state index in [0.717, 1.165) is 11.1 Å². The minimum atomic E-state index is 0.155. The van der Waals surface area contributed by atoms with Crippen LogP contribution < -0.4 is 11.1 Å². The molecule has 0 unspecified atom stereocenters. The zero-order valence-electron chi connectivity index (χ0n) is 12.4. The Morgan fingerprint density at radius 2 is 1.95 bits per heavy atom. The zero-order valence-corrected chi connectivity index (χ0v) is 13.3. The van der Waals surface area contributed by atoms with Crippen LogP contribution in [0.5, 0.6) is 0 Å². The maximum atomic E-state index is 12.1. The van der Waals surface area contributed by atoms with Gasteiger partial charge in [-0.1, -0.05) is 56.1 Å². The number of hydrogen-bond acceptors (Lipinski definition) is 2. The van der Waals surface area contributed by atoms with Gasteiger partial charge in [0.2, 0.25) is 5.91 Å². The fourth-order valence-electron chi connectivity index (χ4n) is 2.94. The Bertz CT molecular complexity index is 493. The number of nitrogens with one attached hydrogen (secondary N) is 1. The van der Waals surface area contributed by atoms with E-state index in [2.05, 4.69) is 5.32 Å². The Hall–Kier alpha value is -1.42. The average Bonchev–Trinajstić information content (AvgIpc) is 2.74. The number of nitrogens with two attached hydrogens (primary N) is 1. The minimum Gasteiger partial charge on any atom is -0.389 e. The van der Waals surface area contributed by atoms with E-state index in [1.54, 1.807) is 0 Å². The molecule has 1 aliphatic rings. The number of rotatable bonds is 5. The first kappa shape index (κ1) is 16.0. The highest BCUT2D eigenvalue weighted by Crippen LogP contribution is 2.25. The van der Waals surface area contributed by atoms with Crippen molar-refractivity contribution in [2.75, 3.05) is 0 Å². The van der Waals surface area contributed by atoms with E-state index in [4.69, 9.17) is 18.0 Å². The molecule has 1 saturated carbocycles. The Labute approximate surface area is 132 Å². The molecule has 0 saturated heterocycles. The smallest absolute Gasteiger partial charge is 0.220 e. The first-order valence-electron chi connectivity index (χ1n) is 7.80. The van der Waals surface area contributed by atoms with Crippen LogP contribution >= 0.6 is 12.2 Å². The molecule has 21 heavy (non-hydrogen) atoms. The molecule has 2 rings (SSSR count). The van der Waals surface area contributed by atoms with Crippen LogP contribution in [0.15, 0.2) is 24.3 Å². The lowest BCUT2D eigenvalue weighted by Gasteiger charge is -2.13. The maximum absolute atomic E-state index is 12.1. The van der Waals surface area contributed by atoms with Gasteiger partial charge in [0.1, 0.15) is 4.99 Å². The third-order valence-electron chi connectivity index (χ3n) is 4.15. The Kier molecular flexibility index (Phi) is 6.18. The predicted octanol–water partition coefficient (Wildman–Crippen LogP) is 3.30. The quantitative estimate of drug-likeness (QED) is 0.648. The zero-order chi connectivity index (χ0) is 15.1. The molecule has 1 fully saturated rings. The van der Waals surface area contributed by atoms with Crippen LogP contribution in [0.4, 0.5) is 0 Å². The molecule has 1 aromatic rings. The van der Waals surface area contributed by atoms with Crippen molar-refractivity contribution in [2.24, 2.45) is 11.7 Å². The Morgan fingerprint density at radius 1 is 1.24 bits per heavy atom. The van der Waals surface area contributed by atoms with Crippen molar-refractivity contribution < 1.29 is 4.79 Å². The van der Waals surface area contributed by atoms with Crippen LogP contribution in [0, 0.1) is 5.92 Å². The fraction of sp³-hybridized carbons (Fsp3) is 0.529. The van der Waals surface area contributed by atoms with E-state index in [-0.39, 0.29) is 5.91 Å². The summed E-state index contributed by atoms with van der Waals surface area (Å²) in [5.74, 6) is 0.720. The molecule has 0 aliphatic heterocycles. The van der Waals surface area contributed by atoms with Crippen molar-refractivity contribution in [1.29, 1.82) is 0 Å². The van der Waals surface area contributed by atoms with Crippen molar-refractivity contribution in [3.63, 3.8) is 0 Å². The third kappa shape index (κ3) is 5.46. The van der Waals surface area contributed by atoms with Crippen molar-refractivity contribution in [2.45, 2.75) is 51.5 Å². The molecular weight excluding hydrogens is 280 g/mol. The largest absolute Gasteiger partial charge is 0.389 e. The summed E-state index contributed by atoms with van der Waals surface area (Å²) in [6.07, 6.45) is 8.25. The molecule has 3 nitrogen and oxygen atoms in total. The summed E-state index contributed by atoms with van der Waals surface area (Å²) in [7, 11) is 0. The summed E-state index contributed by atoms with van der Waals surface area (Å²) < 4.78 is 0. The average molecular weight is 304 g/mol. The molecular formula is C17H24N2OS. The maximum Gasteiger partial charge on any atom is 0.220 e. The van der Waals surface area contributed by atoms with E-state index in [1.165, 1.54) is 38.5 Å². The van der Waals surface area contributed by atoms with Crippen LogP contribution in [0.1, 0.15) is 56.1 Å². The van der Waals surface area contributed by atoms with Crippen LogP contribution in [0.25, 0.3) is 0 Å². The number of thiocarbonyl (C=S) groups is 1. The standard InChI is InChI=1S/C17H24N2OS/c18-17(21)15-9-5-8-14(10-15)12-19-16(20)11-13-6-3-1-2-4-7-13/h5,8-10,13H,1-4,6-7,11-12H2,(H2,18,21)(H,19,20). The molecule has 0 bridgehead atoms. The Morgan fingerprint density at radius 3 is 2.62 bits per heavy atom. The van der Waals surface area contributed by atoms with E-state index in [0.29, 0.717) is 23.9 Å². The van der Waals surface area contributed by atoms with Gasteiger partial charge in [-0.3, -0.25) is 4.79 Å². The van der Waals surface area contributed by atoms with Gasteiger partial charge in [-0.15, -0.1) is 0 Å². The molecule has 0 atom stereocenters. The fourth-order valence-corrected chi connectivity index (χ4v) is 3.06. The summed E-state index contributed by atoms with van der Waals surface area (Å²) in [5, 5.41) is 3.01. The summed E-state index contributed by atoms with van der Waals surface area (Å²) in [6, 6.07) is 7.72. The number of amides is 1. The lowest BCUT2D eigenvalue weighted by Crippen LogP contribution is -2.25. The van der Waals surface area contributed by atoms with Crippen LogP contribution in [0.3, 0.4) is 0 Å². The normalized spacial score (nSPS) is 16.2. The van der Waals surface area contributed by atoms with Gasteiger partial charge < -0.3 is 11.1 Å². The van der Waals surface area contributed by atoms with E-state index >= 15 is 0 Å². The third-order valence-corrected chi connectivity index (χ3v) is 4.39. The molecule has 3 N–H and O–H groups in total. The molecule has 1 aliphatic carbocycles. The summed E-state index contributed by atoms with van der Waals surface area (Å²) in [5.41, 5.74) is 7.51. The van der Waals surface area contributed by atoms with Crippen molar-refractivity contribution in [1.82, 2.24) is 5.32 Å². The number of hydrogen-bond donors (Lipinski definition) is 2. The molecule has 0 radical (unpaired) electrons. The SMILES string of the molecule is NC(=S)c1cccc(CNC(=O)CC2CCCCCC2)c1. The molecule has 114 valence electrons. The lowest BCUT2D eigenvalue weighted by molar-refractivity contribution is -0.122. The predicted molar refractivity (Wildman–Crippen MR) is 90.0 cm³/mol. The van der Waals surface area contributed by atoms with Crippen molar-refractivity contribution >= 4 is 23.1 Å². The summed E-state index contributed by atoms with van der Waals surface area (Å²) in [6.45, 7) is 0.544. The second kappa shape index (κ2) is 8.13. The Balaban J connectivity index is 1.80. The first-order valence-corrected chi connectivity index (χ1v) is 8.21. The van der Waals surface area contributed by atoms with Crippen molar-refractivity contribution in [3.05, 3.63) is 35.4 Å². The lowest BCUT2D eigenvalue weighted by atomic mass is 9.96. The van der Waals surface area contributed by atoms with Gasteiger partial charge in [-0.25, -0.2) is 0 Å². The van der Waals surface area contributed by atoms with Gasteiger partial charge in [0.15, 0.2) is 0 Å². The van der Waals surface area contributed by atoms with Gasteiger partial charge in [-0.2, -0.15) is 0 Å². The summed E-state index contributed by atoms with van der Waals surface area (Å²) in [4.78, 5) is 12.4. The molecule has 4 heteroatoms. The van der Waals surface area contributed by atoms with Crippen molar-refractivity contribution in [3.8, 4) is 0 Å². The molecule has 1 aromatic carbocycles. The van der Waals surface area contributed by atoms with E-state index < -0.39 is 0 Å².